The van der Waals surface area contributed by atoms with E-state index >= 15 is 0 Å². The van der Waals surface area contributed by atoms with Crippen molar-refractivity contribution in [3.05, 3.63) is 36.5 Å². The van der Waals surface area contributed by atoms with Crippen LogP contribution in [0.25, 0.3) is 0 Å². The normalized spacial score (nSPS) is 21.3. The molecule has 0 saturated heterocycles. The molecule has 0 N–H and O–H groups in total. The van der Waals surface area contributed by atoms with Gasteiger partial charge in [0.2, 0.25) is 0 Å². The first kappa shape index (κ1) is 18.3. The van der Waals surface area contributed by atoms with Crippen LogP contribution in [-0.4, -0.2) is 0 Å². The first-order valence-corrected chi connectivity index (χ1v) is 9.22. The van der Waals surface area contributed by atoms with Crippen LogP contribution in [0, 0.1) is 5.41 Å². The lowest BCUT2D eigenvalue weighted by Gasteiger charge is -2.23. The minimum absolute atomic E-state index is 0.196. The zero-order valence-electron chi connectivity index (χ0n) is 14.5. The van der Waals surface area contributed by atoms with Gasteiger partial charge in [-0.05, 0) is 19.3 Å². The summed E-state index contributed by atoms with van der Waals surface area (Å²) < 4.78 is 0. The van der Waals surface area contributed by atoms with Crippen molar-refractivity contribution < 1.29 is 0 Å². The molecule has 0 spiro atoms. The third-order valence-corrected chi connectivity index (χ3v) is 4.77. The Balaban J connectivity index is 1.94. The molecular weight excluding hydrogens is 252 g/mol. The van der Waals surface area contributed by atoms with E-state index in [0.29, 0.717) is 0 Å². The van der Waals surface area contributed by atoms with Gasteiger partial charge in [0.1, 0.15) is 0 Å². The van der Waals surface area contributed by atoms with Crippen molar-refractivity contribution in [3.63, 3.8) is 0 Å². The van der Waals surface area contributed by atoms with Crippen molar-refractivity contribution in [1.82, 2.24) is 0 Å². The van der Waals surface area contributed by atoms with E-state index in [2.05, 4.69) is 44.7 Å². The van der Waals surface area contributed by atoms with E-state index in [9.17, 15) is 0 Å². The summed E-state index contributed by atoms with van der Waals surface area (Å²) in [6.45, 7) is 8.47. The molecule has 120 valence electrons. The summed E-state index contributed by atoms with van der Waals surface area (Å²) in [7, 11) is 0. The second-order valence-corrected chi connectivity index (χ2v) is 6.96. The second-order valence-electron chi connectivity index (χ2n) is 6.96. The molecule has 0 saturated carbocycles. The van der Waals surface area contributed by atoms with Crippen molar-refractivity contribution in [2.45, 2.75) is 90.9 Å². The van der Waals surface area contributed by atoms with Gasteiger partial charge in [-0.3, -0.25) is 0 Å². The summed E-state index contributed by atoms with van der Waals surface area (Å²) in [5.74, 6) is 0. The summed E-state index contributed by atoms with van der Waals surface area (Å²) in [5, 5.41) is 0. The Bertz CT molecular complexity index is 334. The molecule has 0 aliphatic heterocycles. The number of hydrogen-bond donors (Lipinski definition) is 0. The smallest absolute Gasteiger partial charge is 0.00679 e. The Labute approximate surface area is 133 Å². The quantitative estimate of drug-likeness (QED) is 0.259. The first-order valence-electron chi connectivity index (χ1n) is 9.22. The molecule has 0 fully saturated rings. The Hall–Kier alpha value is -0.780. The topological polar surface area (TPSA) is 0 Å². The fourth-order valence-corrected chi connectivity index (χ4v) is 2.94. The minimum atomic E-state index is 0.196. The summed E-state index contributed by atoms with van der Waals surface area (Å²) in [6.07, 6.45) is 25.7. The predicted molar refractivity (Wildman–Crippen MR) is 96.6 cm³/mol. The van der Waals surface area contributed by atoms with Gasteiger partial charge in [0.15, 0.2) is 0 Å². The van der Waals surface area contributed by atoms with E-state index in [0.717, 1.165) is 6.42 Å². The highest BCUT2D eigenvalue weighted by Gasteiger charge is 2.17. The van der Waals surface area contributed by atoms with Crippen LogP contribution in [0.5, 0.6) is 0 Å². The maximum atomic E-state index is 3.93. The molecule has 1 aliphatic carbocycles. The summed E-state index contributed by atoms with van der Waals surface area (Å²) >= 11 is 0. The molecule has 1 aliphatic rings. The van der Waals surface area contributed by atoms with Crippen molar-refractivity contribution in [2.24, 2.45) is 5.41 Å². The van der Waals surface area contributed by atoms with E-state index in [1.807, 2.05) is 0 Å². The maximum absolute atomic E-state index is 3.93. The molecule has 0 nitrogen and oxygen atoms in total. The lowest BCUT2D eigenvalue weighted by atomic mass is 9.81. The predicted octanol–water partition coefficient (Wildman–Crippen LogP) is 7.38. The molecule has 0 amide bonds. The van der Waals surface area contributed by atoms with E-state index in [1.165, 1.54) is 76.2 Å². The van der Waals surface area contributed by atoms with Gasteiger partial charge in [0.05, 0.1) is 0 Å². The summed E-state index contributed by atoms with van der Waals surface area (Å²) in [5.41, 5.74) is 1.73. The van der Waals surface area contributed by atoms with Crippen LogP contribution in [0.2, 0.25) is 0 Å². The van der Waals surface area contributed by atoms with E-state index < -0.39 is 0 Å². The molecule has 0 bridgehead atoms. The van der Waals surface area contributed by atoms with E-state index in [-0.39, 0.29) is 5.41 Å². The van der Waals surface area contributed by atoms with Gasteiger partial charge < -0.3 is 0 Å². The molecule has 0 aromatic rings. The fraction of sp³-hybridized carbons (Fsp3) is 0.714. The first-order chi connectivity index (χ1) is 10.2. The van der Waals surface area contributed by atoms with Crippen LogP contribution in [0.15, 0.2) is 36.5 Å². The molecule has 1 atom stereocenters. The lowest BCUT2D eigenvalue weighted by molar-refractivity contribution is 0.544. The molecular formula is C21H36. The van der Waals surface area contributed by atoms with Crippen LogP contribution >= 0.6 is 0 Å². The number of rotatable bonds is 12. The zero-order chi connectivity index (χ0) is 15.4. The van der Waals surface area contributed by atoms with E-state index in [4.69, 9.17) is 0 Å². The van der Waals surface area contributed by atoms with Crippen molar-refractivity contribution >= 4 is 0 Å². The maximum Gasteiger partial charge on any atom is 0.00679 e. The molecule has 21 heavy (non-hydrogen) atoms. The highest BCUT2D eigenvalue weighted by Crippen LogP contribution is 2.31. The van der Waals surface area contributed by atoms with Gasteiger partial charge in [-0.1, -0.05) is 102 Å². The number of hydrogen-bond acceptors (Lipinski definition) is 0. The molecule has 0 aromatic carbocycles. The van der Waals surface area contributed by atoms with Crippen LogP contribution in [0.1, 0.15) is 90.9 Å². The Morgan fingerprint density at radius 2 is 1.57 bits per heavy atom. The SMILES string of the molecule is C=CC1(C)C=CC(CCCCCCCCCCCC)=CC1. The molecule has 0 heterocycles. The lowest BCUT2D eigenvalue weighted by Crippen LogP contribution is -2.10. The van der Waals surface area contributed by atoms with Crippen molar-refractivity contribution in [3.8, 4) is 0 Å². The van der Waals surface area contributed by atoms with Gasteiger partial charge in [0.25, 0.3) is 0 Å². The van der Waals surface area contributed by atoms with Gasteiger partial charge in [-0.15, -0.1) is 6.58 Å². The number of allylic oxidation sites excluding steroid dienone is 5. The largest absolute Gasteiger partial charge is 0.102 e. The third kappa shape index (κ3) is 8.29. The summed E-state index contributed by atoms with van der Waals surface area (Å²) in [4.78, 5) is 0. The van der Waals surface area contributed by atoms with Crippen molar-refractivity contribution in [1.29, 1.82) is 0 Å². The van der Waals surface area contributed by atoms with Crippen LogP contribution in [0.3, 0.4) is 0 Å². The standard InChI is InChI=1S/C21H36/c1-4-6-7-8-9-10-11-12-13-14-15-20-16-18-21(3,5-2)19-17-20/h5,16-18H,2,4,6-15,19H2,1,3H3. The van der Waals surface area contributed by atoms with Crippen LogP contribution in [-0.2, 0) is 0 Å². The van der Waals surface area contributed by atoms with Gasteiger partial charge >= 0.3 is 0 Å². The summed E-state index contributed by atoms with van der Waals surface area (Å²) in [6, 6.07) is 0. The molecule has 0 radical (unpaired) electrons. The number of unbranched alkanes of at least 4 members (excludes halogenated alkanes) is 9. The average Bonchev–Trinajstić information content (AvgIpc) is 2.51. The van der Waals surface area contributed by atoms with Gasteiger partial charge in [-0.25, -0.2) is 0 Å². The second kappa shape index (κ2) is 10.9. The van der Waals surface area contributed by atoms with Crippen LogP contribution in [0.4, 0.5) is 0 Å². The Kier molecular flexibility index (Phi) is 9.46. The van der Waals surface area contributed by atoms with E-state index in [1.54, 1.807) is 0 Å². The minimum Gasteiger partial charge on any atom is -0.102 e. The van der Waals surface area contributed by atoms with Gasteiger partial charge in [0, 0.05) is 5.41 Å². The van der Waals surface area contributed by atoms with Gasteiger partial charge in [-0.2, -0.15) is 0 Å². The van der Waals surface area contributed by atoms with Crippen molar-refractivity contribution in [2.75, 3.05) is 0 Å². The third-order valence-electron chi connectivity index (χ3n) is 4.77. The van der Waals surface area contributed by atoms with Crippen LogP contribution < -0.4 is 0 Å². The molecule has 0 heteroatoms. The molecule has 1 unspecified atom stereocenters. The highest BCUT2D eigenvalue weighted by atomic mass is 14.2. The molecule has 0 aromatic heterocycles. The fourth-order valence-electron chi connectivity index (χ4n) is 2.94. The Morgan fingerprint density at radius 1 is 1.00 bits per heavy atom. The monoisotopic (exact) mass is 288 g/mol. The average molecular weight is 289 g/mol. The molecule has 1 rings (SSSR count). The Morgan fingerprint density at radius 3 is 2.05 bits per heavy atom. The highest BCUT2D eigenvalue weighted by molar-refractivity contribution is 5.28. The zero-order valence-corrected chi connectivity index (χ0v) is 14.5.